The van der Waals surface area contributed by atoms with Crippen molar-refractivity contribution < 1.29 is 22.4 Å². The number of rotatable bonds is 9. The van der Waals surface area contributed by atoms with Gasteiger partial charge >= 0.3 is 0 Å². The van der Waals surface area contributed by atoms with Gasteiger partial charge in [-0.05, 0) is 38.1 Å². The smallest absolute Gasteiger partial charge is 0.244 e. The number of hydrogen-bond acceptors (Lipinski definition) is 4. The Labute approximate surface area is 197 Å². The first-order valence-electron chi connectivity index (χ1n) is 9.69. The van der Waals surface area contributed by atoms with Crippen molar-refractivity contribution in [3.05, 3.63) is 63.9 Å². The van der Waals surface area contributed by atoms with E-state index in [-0.39, 0.29) is 22.8 Å². The maximum absolute atomic E-state index is 14.3. The fourth-order valence-corrected chi connectivity index (χ4v) is 4.42. The summed E-state index contributed by atoms with van der Waals surface area (Å²) in [6.07, 6.45) is 0.930. The predicted molar refractivity (Wildman–Crippen MR) is 124 cm³/mol. The molecule has 0 unspecified atom stereocenters. The second-order valence-electron chi connectivity index (χ2n) is 7.05. The van der Waals surface area contributed by atoms with Gasteiger partial charge in [0, 0.05) is 23.7 Å². The highest BCUT2D eigenvalue weighted by atomic mass is 35.5. The lowest BCUT2D eigenvalue weighted by Crippen LogP contribution is -2.51. The highest BCUT2D eigenvalue weighted by Crippen LogP contribution is 2.30. The van der Waals surface area contributed by atoms with Gasteiger partial charge in [-0.1, -0.05) is 41.4 Å². The molecule has 0 radical (unpaired) electrons. The molecule has 2 amide bonds. The summed E-state index contributed by atoms with van der Waals surface area (Å²) in [5, 5.41) is 2.95. The van der Waals surface area contributed by atoms with Crippen molar-refractivity contribution in [3.63, 3.8) is 0 Å². The number of hydrogen-bond donors (Lipinski definition) is 1. The molecular weight excluding hydrogens is 480 g/mol. The van der Waals surface area contributed by atoms with Crippen molar-refractivity contribution in [1.29, 1.82) is 0 Å². The van der Waals surface area contributed by atoms with E-state index in [1.165, 1.54) is 43.3 Å². The number of carbonyl (C=O) groups excluding carboxylic acids is 2. The molecule has 0 aliphatic heterocycles. The van der Waals surface area contributed by atoms with Crippen molar-refractivity contribution >= 4 is 50.7 Å². The molecule has 0 saturated heterocycles. The monoisotopic (exact) mass is 503 g/mol. The lowest BCUT2D eigenvalue weighted by Gasteiger charge is -2.31. The maximum Gasteiger partial charge on any atom is 0.244 e. The van der Waals surface area contributed by atoms with E-state index in [1.807, 2.05) is 0 Å². The predicted octanol–water partition coefficient (Wildman–Crippen LogP) is 3.45. The van der Waals surface area contributed by atoms with Crippen LogP contribution in [0, 0.1) is 5.82 Å². The molecule has 0 saturated carbocycles. The average Bonchev–Trinajstić information content (AvgIpc) is 2.70. The molecule has 1 atom stereocenters. The second kappa shape index (κ2) is 11.0. The van der Waals surface area contributed by atoms with E-state index in [0.29, 0.717) is 11.6 Å². The Morgan fingerprint density at radius 3 is 2.38 bits per heavy atom. The quantitative estimate of drug-likeness (QED) is 0.567. The number of likely N-dealkylation sites (N-methyl/N-ethyl adjacent to an activating group) is 1. The van der Waals surface area contributed by atoms with Crippen LogP contribution >= 0.6 is 23.2 Å². The molecule has 2 aromatic carbocycles. The van der Waals surface area contributed by atoms with Crippen LogP contribution < -0.4 is 9.62 Å². The first-order chi connectivity index (χ1) is 15.0. The molecule has 0 aliphatic rings. The number of anilines is 1. The summed E-state index contributed by atoms with van der Waals surface area (Å²) in [7, 11) is -3.94. The van der Waals surface area contributed by atoms with Crippen LogP contribution in [0.3, 0.4) is 0 Å². The summed E-state index contributed by atoms with van der Waals surface area (Å²) >= 11 is 12.1. The summed E-state index contributed by atoms with van der Waals surface area (Å²) in [4.78, 5) is 26.8. The van der Waals surface area contributed by atoms with Gasteiger partial charge in [-0.15, -0.1) is 0 Å². The summed E-state index contributed by atoms with van der Waals surface area (Å²) in [6.45, 7) is 2.68. The highest BCUT2D eigenvalue weighted by molar-refractivity contribution is 7.92. The summed E-state index contributed by atoms with van der Waals surface area (Å²) in [5.41, 5.74) is 0.246. The molecular formula is C21H24Cl2FN3O4S. The molecule has 0 aromatic heterocycles. The third-order valence-corrected chi connectivity index (χ3v) is 6.34. The molecule has 32 heavy (non-hydrogen) atoms. The molecule has 0 bridgehead atoms. The van der Waals surface area contributed by atoms with E-state index < -0.39 is 40.2 Å². The van der Waals surface area contributed by atoms with E-state index in [2.05, 4.69) is 5.32 Å². The zero-order valence-electron chi connectivity index (χ0n) is 17.8. The van der Waals surface area contributed by atoms with Crippen molar-refractivity contribution in [1.82, 2.24) is 10.2 Å². The molecule has 0 spiro atoms. The fraction of sp³-hybridized carbons (Fsp3) is 0.333. The second-order valence-corrected chi connectivity index (χ2v) is 9.80. The third-order valence-electron chi connectivity index (χ3n) is 4.67. The SMILES string of the molecule is CCNC(=O)[C@@H](C)N(Cc1ccccc1F)C(=O)CN(c1ccc(Cl)cc1Cl)S(C)(=O)=O. The van der Waals surface area contributed by atoms with Gasteiger partial charge in [0.25, 0.3) is 0 Å². The van der Waals surface area contributed by atoms with Gasteiger partial charge in [0.15, 0.2) is 0 Å². The Morgan fingerprint density at radius 1 is 1.16 bits per heavy atom. The number of nitrogens with zero attached hydrogens (tertiary/aromatic N) is 2. The van der Waals surface area contributed by atoms with E-state index in [9.17, 15) is 22.4 Å². The lowest BCUT2D eigenvalue weighted by molar-refractivity contribution is -0.139. The number of carbonyl (C=O) groups is 2. The first-order valence-corrected chi connectivity index (χ1v) is 12.3. The van der Waals surface area contributed by atoms with Gasteiger partial charge in [0.2, 0.25) is 21.8 Å². The van der Waals surface area contributed by atoms with Crippen molar-refractivity contribution in [2.75, 3.05) is 23.7 Å². The fourth-order valence-electron chi connectivity index (χ4n) is 2.99. The van der Waals surface area contributed by atoms with E-state index >= 15 is 0 Å². The van der Waals surface area contributed by atoms with Crippen molar-refractivity contribution in [2.24, 2.45) is 0 Å². The Morgan fingerprint density at radius 2 is 1.81 bits per heavy atom. The first kappa shape index (κ1) is 25.9. The highest BCUT2D eigenvalue weighted by Gasteiger charge is 2.31. The number of nitrogens with one attached hydrogen (secondary N) is 1. The van der Waals surface area contributed by atoms with Crippen LogP contribution in [-0.2, 0) is 26.2 Å². The Hall–Kier alpha value is -2.36. The molecule has 7 nitrogen and oxygen atoms in total. The molecule has 2 rings (SSSR count). The zero-order chi connectivity index (χ0) is 24.1. The molecule has 1 N–H and O–H groups in total. The Bertz CT molecular complexity index is 1100. The van der Waals surface area contributed by atoms with E-state index in [1.54, 1.807) is 13.0 Å². The minimum atomic E-state index is -3.94. The van der Waals surface area contributed by atoms with Gasteiger partial charge in [-0.2, -0.15) is 0 Å². The Kier molecular flexibility index (Phi) is 8.89. The van der Waals surface area contributed by atoms with Crippen LogP contribution in [-0.4, -0.2) is 50.5 Å². The van der Waals surface area contributed by atoms with E-state index in [4.69, 9.17) is 23.2 Å². The largest absolute Gasteiger partial charge is 0.355 e. The van der Waals surface area contributed by atoms with Gasteiger partial charge in [0.05, 0.1) is 17.0 Å². The number of amides is 2. The molecule has 174 valence electrons. The minimum Gasteiger partial charge on any atom is -0.355 e. The van der Waals surface area contributed by atoms with Crippen molar-refractivity contribution in [2.45, 2.75) is 26.4 Å². The zero-order valence-corrected chi connectivity index (χ0v) is 20.1. The summed E-state index contributed by atoms with van der Waals surface area (Å²) < 4.78 is 40.0. The maximum atomic E-state index is 14.3. The number of sulfonamides is 1. The average molecular weight is 504 g/mol. The molecule has 0 aliphatic carbocycles. The standard InChI is InChI=1S/C21H24Cl2FN3O4S/c1-4-25-21(29)14(2)26(12-15-7-5-6-8-18(15)24)20(28)13-27(32(3,30)31)19-10-9-16(22)11-17(19)23/h5-11,14H,4,12-13H2,1-3H3,(H,25,29)/t14-/m1/s1. The van der Waals surface area contributed by atoms with Crippen LogP contribution in [0.15, 0.2) is 42.5 Å². The van der Waals surface area contributed by atoms with E-state index in [0.717, 1.165) is 15.5 Å². The molecule has 0 fully saturated rings. The minimum absolute atomic E-state index is 0.0353. The Balaban J connectivity index is 2.43. The molecule has 11 heteroatoms. The number of halogens is 3. The van der Waals surface area contributed by atoms with Gasteiger partial charge in [-0.3, -0.25) is 13.9 Å². The van der Waals surface area contributed by atoms with Crippen LogP contribution in [0.4, 0.5) is 10.1 Å². The third kappa shape index (κ3) is 6.57. The van der Waals surface area contributed by atoms with Crippen molar-refractivity contribution in [3.8, 4) is 0 Å². The van der Waals surface area contributed by atoms with Crippen LogP contribution in [0.5, 0.6) is 0 Å². The van der Waals surface area contributed by atoms with Crippen LogP contribution in [0.25, 0.3) is 0 Å². The van der Waals surface area contributed by atoms with Gasteiger partial charge in [0.1, 0.15) is 18.4 Å². The lowest BCUT2D eigenvalue weighted by atomic mass is 10.1. The van der Waals surface area contributed by atoms with Crippen LogP contribution in [0.1, 0.15) is 19.4 Å². The summed E-state index contributed by atoms with van der Waals surface area (Å²) in [6, 6.07) is 9.04. The topological polar surface area (TPSA) is 86.8 Å². The number of benzene rings is 2. The summed E-state index contributed by atoms with van der Waals surface area (Å²) in [5.74, 6) is -1.70. The van der Waals surface area contributed by atoms with Crippen LogP contribution in [0.2, 0.25) is 10.0 Å². The van der Waals surface area contributed by atoms with Gasteiger partial charge in [-0.25, -0.2) is 12.8 Å². The van der Waals surface area contributed by atoms with Gasteiger partial charge < -0.3 is 10.2 Å². The normalized spacial score (nSPS) is 12.2. The molecule has 0 heterocycles. The molecule has 2 aromatic rings.